The summed E-state index contributed by atoms with van der Waals surface area (Å²) >= 11 is 0. The lowest BCUT2D eigenvalue weighted by Crippen LogP contribution is -2.35. The number of unbranched alkanes of at least 4 members (excludes halogenated alkanes) is 1. The predicted octanol–water partition coefficient (Wildman–Crippen LogP) is 3.27. The summed E-state index contributed by atoms with van der Waals surface area (Å²) in [6, 6.07) is 0. The van der Waals surface area contributed by atoms with Gasteiger partial charge in [-0.1, -0.05) is 25.5 Å². The molecule has 0 aromatic carbocycles. The van der Waals surface area contributed by atoms with Crippen LogP contribution >= 0.6 is 0 Å². The molecule has 0 aromatic rings. The van der Waals surface area contributed by atoms with E-state index in [9.17, 15) is 19.5 Å². The van der Waals surface area contributed by atoms with Gasteiger partial charge in [-0.05, 0) is 50.7 Å². The van der Waals surface area contributed by atoms with Gasteiger partial charge in [-0.2, -0.15) is 0 Å². The number of methoxy groups -OCH3 is 1. The van der Waals surface area contributed by atoms with Gasteiger partial charge in [-0.3, -0.25) is 14.4 Å². The van der Waals surface area contributed by atoms with Crippen molar-refractivity contribution in [1.29, 1.82) is 0 Å². The molecule has 1 aliphatic rings. The Hall–Kier alpha value is -1.95. The molecule has 1 rings (SSSR count). The van der Waals surface area contributed by atoms with Crippen molar-refractivity contribution in [1.82, 2.24) is 0 Å². The smallest absolute Gasteiger partial charge is 0.305 e. The maximum absolute atomic E-state index is 12.0. The highest BCUT2D eigenvalue weighted by molar-refractivity contribution is 5.96. The van der Waals surface area contributed by atoms with Crippen molar-refractivity contribution in [2.24, 2.45) is 5.92 Å². The van der Waals surface area contributed by atoms with Crippen molar-refractivity contribution >= 4 is 17.7 Å². The Morgan fingerprint density at radius 3 is 2.67 bits per heavy atom. The van der Waals surface area contributed by atoms with E-state index in [-0.39, 0.29) is 30.2 Å². The lowest BCUT2D eigenvalue weighted by Gasteiger charge is -2.28. The van der Waals surface area contributed by atoms with Crippen LogP contribution in [0.15, 0.2) is 24.3 Å². The second-order valence-corrected chi connectivity index (χ2v) is 6.99. The van der Waals surface area contributed by atoms with E-state index in [1.165, 1.54) is 20.1 Å². The first kappa shape index (κ1) is 23.1. The molecule has 3 atom stereocenters. The van der Waals surface area contributed by atoms with Crippen LogP contribution in [0.2, 0.25) is 0 Å². The number of carbonyl (C=O) groups is 3. The van der Waals surface area contributed by atoms with E-state index in [1.54, 1.807) is 6.08 Å². The summed E-state index contributed by atoms with van der Waals surface area (Å²) in [4.78, 5) is 34.6. The quantitative estimate of drug-likeness (QED) is 0.317. The van der Waals surface area contributed by atoms with Gasteiger partial charge < -0.3 is 14.6 Å². The van der Waals surface area contributed by atoms with Crippen molar-refractivity contribution in [2.45, 2.75) is 76.9 Å². The molecule has 0 unspecified atom stereocenters. The van der Waals surface area contributed by atoms with Crippen LogP contribution in [-0.4, -0.2) is 41.6 Å². The van der Waals surface area contributed by atoms with Crippen LogP contribution in [0.25, 0.3) is 0 Å². The summed E-state index contributed by atoms with van der Waals surface area (Å²) in [6.45, 7) is 3.37. The van der Waals surface area contributed by atoms with E-state index < -0.39 is 11.5 Å². The molecule has 0 amide bonds. The Labute approximate surface area is 161 Å². The second-order valence-electron chi connectivity index (χ2n) is 6.99. The van der Waals surface area contributed by atoms with Crippen LogP contribution in [0, 0.1) is 5.92 Å². The summed E-state index contributed by atoms with van der Waals surface area (Å²) in [5, 5.41) is 10.9. The third-order valence-corrected chi connectivity index (χ3v) is 4.84. The zero-order valence-corrected chi connectivity index (χ0v) is 16.6. The van der Waals surface area contributed by atoms with Gasteiger partial charge >= 0.3 is 11.9 Å². The minimum atomic E-state index is -1.11. The highest BCUT2D eigenvalue weighted by Gasteiger charge is 2.41. The molecule has 0 fully saturated rings. The monoisotopic (exact) mass is 380 g/mol. The average molecular weight is 380 g/mol. The second kappa shape index (κ2) is 11.7. The van der Waals surface area contributed by atoms with Gasteiger partial charge in [-0.25, -0.2) is 0 Å². The van der Waals surface area contributed by atoms with Crippen LogP contribution in [0.3, 0.4) is 0 Å². The molecule has 0 saturated carbocycles. The number of hydrogen-bond acceptors (Lipinski definition) is 6. The van der Waals surface area contributed by atoms with Crippen molar-refractivity contribution < 1.29 is 29.0 Å². The predicted molar refractivity (Wildman–Crippen MR) is 102 cm³/mol. The van der Waals surface area contributed by atoms with Crippen LogP contribution in [-0.2, 0) is 23.9 Å². The molecule has 6 nitrogen and oxygen atoms in total. The zero-order valence-electron chi connectivity index (χ0n) is 16.6. The number of carbonyl (C=O) groups excluding carboxylic acids is 3. The molecule has 0 heterocycles. The summed E-state index contributed by atoms with van der Waals surface area (Å²) in [6.07, 6.45) is 11.2. The maximum Gasteiger partial charge on any atom is 0.305 e. The molecular weight excluding hydrogens is 348 g/mol. The van der Waals surface area contributed by atoms with Crippen LogP contribution < -0.4 is 0 Å². The number of rotatable bonds is 12. The Kier molecular flexibility index (Phi) is 10.0. The average Bonchev–Trinajstić information content (AvgIpc) is 2.91. The van der Waals surface area contributed by atoms with Crippen LogP contribution in [0.1, 0.15) is 65.2 Å². The van der Waals surface area contributed by atoms with Crippen molar-refractivity contribution in [3.8, 4) is 0 Å². The Morgan fingerprint density at radius 1 is 1.30 bits per heavy atom. The summed E-state index contributed by atoms with van der Waals surface area (Å²) in [5.41, 5.74) is -1.11. The highest BCUT2D eigenvalue weighted by atomic mass is 16.5. The van der Waals surface area contributed by atoms with Crippen molar-refractivity contribution in [2.75, 3.05) is 7.11 Å². The fourth-order valence-corrected chi connectivity index (χ4v) is 3.34. The lowest BCUT2D eigenvalue weighted by molar-refractivity contribution is -0.149. The Morgan fingerprint density at radius 2 is 2.04 bits per heavy atom. The molecule has 1 N–H and O–H groups in total. The third kappa shape index (κ3) is 8.08. The van der Waals surface area contributed by atoms with Gasteiger partial charge in [0.2, 0.25) is 0 Å². The first-order chi connectivity index (χ1) is 12.8. The molecule has 1 aliphatic carbocycles. The topological polar surface area (TPSA) is 89.9 Å². The number of esters is 2. The largest absolute Gasteiger partial charge is 0.469 e. The molecule has 0 saturated heterocycles. The van der Waals surface area contributed by atoms with Crippen molar-refractivity contribution in [3.05, 3.63) is 24.3 Å². The molecule has 0 aromatic heterocycles. The van der Waals surface area contributed by atoms with Gasteiger partial charge in [0.05, 0.1) is 18.6 Å². The number of hydrogen-bond donors (Lipinski definition) is 1. The van der Waals surface area contributed by atoms with Crippen molar-refractivity contribution in [3.63, 3.8) is 0 Å². The van der Waals surface area contributed by atoms with E-state index in [0.29, 0.717) is 32.1 Å². The first-order valence-electron chi connectivity index (χ1n) is 9.67. The molecule has 0 spiro atoms. The van der Waals surface area contributed by atoms with Gasteiger partial charge in [-0.15, -0.1) is 0 Å². The fourth-order valence-electron chi connectivity index (χ4n) is 3.34. The maximum atomic E-state index is 12.0. The van der Waals surface area contributed by atoms with Gasteiger partial charge in [0.25, 0.3) is 0 Å². The molecule has 27 heavy (non-hydrogen) atoms. The Bertz CT molecular complexity index is 565. The van der Waals surface area contributed by atoms with E-state index in [4.69, 9.17) is 4.74 Å². The molecule has 6 heteroatoms. The fraction of sp³-hybridized carbons (Fsp3) is 0.667. The van der Waals surface area contributed by atoms with E-state index in [1.807, 2.05) is 19.1 Å². The van der Waals surface area contributed by atoms with Gasteiger partial charge in [0.15, 0.2) is 5.78 Å². The highest BCUT2D eigenvalue weighted by Crippen LogP contribution is 2.34. The van der Waals surface area contributed by atoms with Crippen LogP contribution in [0.4, 0.5) is 0 Å². The molecule has 0 aliphatic heterocycles. The molecule has 0 bridgehead atoms. The number of ketones is 1. The third-order valence-electron chi connectivity index (χ3n) is 4.84. The molecular formula is C21H32O6. The van der Waals surface area contributed by atoms with E-state index >= 15 is 0 Å². The van der Waals surface area contributed by atoms with Crippen LogP contribution in [0.5, 0.6) is 0 Å². The van der Waals surface area contributed by atoms with Gasteiger partial charge in [0.1, 0.15) is 6.10 Å². The zero-order chi connectivity index (χ0) is 20.3. The summed E-state index contributed by atoms with van der Waals surface area (Å²) in [7, 11) is 1.33. The Balaban J connectivity index is 2.49. The number of aliphatic hydroxyl groups is 1. The normalized spacial score (nSPS) is 23.0. The lowest BCUT2D eigenvalue weighted by atomic mass is 9.83. The van der Waals surface area contributed by atoms with E-state index in [2.05, 4.69) is 4.74 Å². The molecule has 152 valence electrons. The van der Waals surface area contributed by atoms with E-state index in [0.717, 1.165) is 12.8 Å². The summed E-state index contributed by atoms with van der Waals surface area (Å²) in [5.74, 6) is -1.17. The SMILES string of the molecule is CC/C=C\C[C@H]1C(=O)C=C[C@]1(O)CCCC[C@@H](CCC(=O)OC)OC(C)=O. The summed E-state index contributed by atoms with van der Waals surface area (Å²) < 4.78 is 9.88. The standard InChI is InChI=1S/C21H32O6/c1-4-5-6-10-18-19(23)13-15-21(18,25)14-8-7-9-17(27-16(2)22)11-12-20(24)26-3/h5-6,13,15,17-18,25H,4,7-12,14H2,1-3H3/b6-5-/t17-,18-,21+/m0/s1. The number of ether oxygens (including phenoxy) is 2. The molecule has 0 radical (unpaired) electrons. The number of allylic oxidation sites excluding steroid dienone is 3. The first-order valence-corrected chi connectivity index (χ1v) is 9.67. The minimum Gasteiger partial charge on any atom is -0.469 e. The van der Waals surface area contributed by atoms with Gasteiger partial charge in [0, 0.05) is 13.3 Å². The minimum absolute atomic E-state index is 0.0332.